The molecule has 17 heavy (non-hydrogen) atoms. The fourth-order valence-electron chi connectivity index (χ4n) is 2.02. The molecule has 0 nitrogen and oxygen atoms in total. The van der Waals surface area contributed by atoms with Crippen molar-refractivity contribution in [3.8, 4) is 0 Å². The average Bonchev–Trinajstić information content (AvgIpc) is 2.37. The monoisotopic (exact) mass is 228 g/mol. The molecule has 1 aromatic rings. The molecule has 0 aromatic heterocycles. The summed E-state index contributed by atoms with van der Waals surface area (Å²) in [7, 11) is 0. The zero-order chi connectivity index (χ0) is 12.5. The third-order valence-electron chi connectivity index (χ3n) is 3.15. The van der Waals surface area contributed by atoms with Gasteiger partial charge in [0.25, 0.3) is 0 Å². The number of aryl methyl sites for hydroxylation is 2. The highest BCUT2D eigenvalue weighted by Gasteiger charge is 2.01. The van der Waals surface area contributed by atoms with E-state index < -0.39 is 0 Å². The predicted molar refractivity (Wildman–Crippen MR) is 77.3 cm³/mol. The summed E-state index contributed by atoms with van der Waals surface area (Å²) in [5, 5.41) is 0. The Bertz CT molecular complexity index is 360. The Labute approximate surface area is 106 Å². The molecular weight excluding hydrogens is 204 g/mol. The molecule has 0 N–H and O–H groups in total. The summed E-state index contributed by atoms with van der Waals surface area (Å²) in [5.41, 5.74) is 4.19. The largest absolute Gasteiger partial charge is 0.0988 e. The van der Waals surface area contributed by atoms with Crippen LogP contribution in [0.5, 0.6) is 0 Å². The summed E-state index contributed by atoms with van der Waals surface area (Å²) in [6.45, 7) is 9.95. The average molecular weight is 228 g/mol. The van der Waals surface area contributed by atoms with Crippen LogP contribution in [-0.4, -0.2) is 0 Å². The van der Waals surface area contributed by atoms with Crippen LogP contribution in [0, 0.1) is 0 Å². The Balaban J connectivity index is 2.51. The first-order chi connectivity index (χ1) is 8.27. The molecule has 0 saturated carbocycles. The topological polar surface area (TPSA) is 0 Å². The van der Waals surface area contributed by atoms with Crippen molar-refractivity contribution < 1.29 is 0 Å². The lowest BCUT2D eigenvalue weighted by atomic mass is 9.97. The van der Waals surface area contributed by atoms with Crippen molar-refractivity contribution in [1.29, 1.82) is 0 Å². The van der Waals surface area contributed by atoms with Crippen molar-refractivity contribution in [2.45, 2.75) is 45.4 Å². The van der Waals surface area contributed by atoms with Gasteiger partial charge in [-0.2, -0.15) is 0 Å². The highest BCUT2D eigenvalue weighted by molar-refractivity contribution is 5.27. The van der Waals surface area contributed by atoms with Gasteiger partial charge in [0.05, 0.1) is 0 Å². The standard InChI is InChI=1S/C17H24/c1-4-6-11-16-12-7-8-13-17(16)14-9-10-15(3)5-2/h5,7-8,12-13H,2-4,6,9-11,14H2,1H3. The molecule has 0 bridgehead atoms. The molecule has 0 heterocycles. The fraction of sp³-hybridized carbons (Fsp3) is 0.412. The lowest BCUT2D eigenvalue weighted by Gasteiger charge is -2.09. The maximum atomic E-state index is 3.96. The zero-order valence-electron chi connectivity index (χ0n) is 11.0. The van der Waals surface area contributed by atoms with Crippen LogP contribution in [0.1, 0.15) is 43.7 Å². The summed E-state index contributed by atoms with van der Waals surface area (Å²) in [5.74, 6) is 0. The molecule has 0 saturated heterocycles. The lowest BCUT2D eigenvalue weighted by Crippen LogP contribution is -1.95. The van der Waals surface area contributed by atoms with Gasteiger partial charge in [-0.25, -0.2) is 0 Å². The normalized spacial score (nSPS) is 10.2. The van der Waals surface area contributed by atoms with E-state index in [9.17, 15) is 0 Å². The molecule has 0 aliphatic carbocycles. The molecule has 0 aliphatic rings. The number of rotatable bonds is 8. The third kappa shape index (κ3) is 5.04. The van der Waals surface area contributed by atoms with Crippen molar-refractivity contribution in [2.24, 2.45) is 0 Å². The van der Waals surface area contributed by atoms with Crippen LogP contribution < -0.4 is 0 Å². The van der Waals surface area contributed by atoms with Crippen LogP contribution in [0.4, 0.5) is 0 Å². The summed E-state index contributed by atoms with van der Waals surface area (Å²) in [4.78, 5) is 0. The highest BCUT2D eigenvalue weighted by atomic mass is 14.1. The minimum absolute atomic E-state index is 1.06. The smallest absolute Gasteiger partial charge is 0.0273 e. The van der Waals surface area contributed by atoms with Crippen molar-refractivity contribution in [3.05, 3.63) is 60.2 Å². The van der Waals surface area contributed by atoms with Gasteiger partial charge in [0.15, 0.2) is 0 Å². The quantitative estimate of drug-likeness (QED) is 0.543. The molecule has 0 radical (unpaired) electrons. The van der Waals surface area contributed by atoms with Gasteiger partial charge in [0.1, 0.15) is 0 Å². The van der Waals surface area contributed by atoms with E-state index in [-0.39, 0.29) is 0 Å². The van der Waals surface area contributed by atoms with Crippen LogP contribution in [-0.2, 0) is 12.8 Å². The van der Waals surface area contributed by atoms with E-state index in [2.05, 4.69) is 44.3 Å². The molecule has 0 aliphatic heterocycles. The summed E-state index contributed by atoms with van der Waals surface area (Å²) in [6, 6.07) is 8.83. The van der Waals surface area contributed by atoms with Crippen LogP contribution in [0.2, 0.25) is 0 Å². The molecule has 0 unspecified atom stereocenters. The number of allylic oxidation sites excluding steroid dienone is 2. The van der Waals surface area contributed by atoms with E-state index in [0.717, 1.165) is 18.4 Å². The number of hydrogen-bond donors (Lipinski definition) is 0. The first-order valence-electron chi connectivity index (χ1n) is 6.65. The second-order valence-electron chi connectivity index (χ2n) is 4.59. The van der Waals surface area contributed by atoms with Gasteiger partial charge >= 0.3 is 0 Å². The number of unbranched alkanes of at least 4 members (excludes halogenated alkanes) is 1. The fourth-order valence-corrected chi connectivity index (χ4v) is 2.02. The predicted octanol–water partition coefficient (Wildman–Crippen LogP) is 5.09. The highest BCUT2D eigenvalue weighted by Crippen LogP contribution is 2.16. The van der Waals surface area contributed by atoms with E-state index in [1.807, 2.05) is 6.08 Å². The van der Waals surface area contributed by atoms with Crippen LogP contribution in [0.3, 0.4) is 0 Å². The van der Waals surface area contributed by atoms with Crippen molar-refractivity contribution in [2.75, 3.05) is 0 Å². The van der Waals surface area contributed by atoms with Gasteiger partial charge < -0.3 is 0 Å². The third-order valence-corrected chi connectivity index (χ3v) is 3.15. The SMILES string of the molecule is C=CC(=C)CCCc1ccccc1CCCC. The van der Waals surface area contributed by atoms with E-state index >= 15 is 0 Å². The Morgan fingerprint density at radius 1 is 1.12 bits per heavy atom. The minimum atomic E-state index is 1.06. The van der Waals surface area contributed by atoms with E-state index in [1.54, 1.807) is 0 Å². The lowest BCUT2D eigenvalue weighted by molar-refractivity contribution is 0.768. The maximum absolute atomic E-state index is 3.96. The minimum Gasteiger partial charge on any atom is -0.0988 e. The van der Waals surface area contributed by atoms with E-state index in [1.165, 1.54) is 36.8 Å². The Morgan fingerprint density at radius 2 is 1.71 bits per heavy atom. The van der Waals surface area contributed by atoms with Gasteiger partial charge in [-0.3, -0.25) is 0 Å². The van der Waals surface area contributed by atoms with Crippen LogP contribution in [0.15, 0.2) is 49.1 Å². The second-order valence-corrected chi connectivity index (χ2v) is 4.59. The molecular formula is C17H24. The number of benzene rings is 1. The Morgan fingerprint density at radius 3 is 2.24 bits per heavy atom. The zero-order valence-corrected chi connectivity index (χ0v) is 11.0. The Hall–Kier alpha value is -1.30. The van der Waals surface area contributed by atoms with Gasteiger partial charge in [-0.1, -0.05) is 62.4 Å². The summed E-state index contributed by atoms with van der Waals surface area (Å²) in [6.07, 6.45) is 9.03. The van der Waals surface area contributed by atoms with Crippen LogP contribution in [0.25, 0.3) is 0 Å². The maximum Gasteiger partial charge on any atom is -0.0273 e. The molecule has 0 fully saturated rings. The van der Waals surface area contributed by atoms with Gasteiger partial charge in [0.2, 0.25) is 0 Å². The van der Waals surface area contributed by atoms with E-state index in [0.29, 0.717) is 0 Å². The number of hydrogen-bond acceptors (Lipinski definition) is 0. The first-order valence-corrected chi connectivity index (χ1v) is 6.65. The van der Waals surface area contributed by atoms with Crippen molar-refractivity contribution >= 4 is 0 Å². The molecule has 1 aromatic carbocycles. The van der Waals surface area contributed by atoms with Gasteiger partial charge in [-0.15, -0.1) is 0 Å². The van der Waals surface area contributed by atoms with Crippen LogP contribution >= 0.6 is 0 Å². The summed E-state index contributed by atoms with van der Waals surface area (Å²) < 4.78 is 0. The van der Waals surface area contributed by atoms with Crippen molar-refractivity contribution in [1.82, 2.24) is 0 Å². The van der Waals surface area contributed by atoms with Gasteiger partial charge in [0, 0.05) is 0 Å². The first kappa shape index (κ1) is 13.8. The molecule has 0 amide bonds. The Kier molecular flexibility index (Phi) is 6.39. The summed E-state index contributed by atoms with van der Waals surface area (Å²) >= 11 is 0. The second kappa shape index (κ2) is 7.89. The molecule has 0 atom stereocenters. The molecule has 0 spiro atoms. The molecule has 0 heteroatoms. The molecule has 1 rings (SSSR count). The molecule has 92 valence electrons. The van der Waals surface area contributed by atoms with E-state index in [4.69, 9.17) is 0 Å². The van der Waals surface area contributed by atoms with Gasteiger partial charge in [-0.05, 0) is 43.2 Å². The van der Waals surface area contributed by atoms with Crippen molar-refractivity contribution in [3.63, 3.8) is 0 Å².